The first kappa shape index (κ1) is 28.8. The van der Waals surface area contributed by atoms with E-state index in [-0.39, 0.29) is 15.1 Å². The number of pyridine rings is 1. The quantitative estimate of drug-likeness (QED) is 0.369. The maximum absolute atomic E-state index is 13.5. The molecule has 9 nitrogen and oxygen atoms in total. The number of carbonyl (C=O) groups excluding carboxylic acids is 1. The minimum Gasteiger partial charge on any atom is -0.768 e. The molecule has 214 valence electrons. The molecule has 2 aliphatic rings. The number of carbonyl (C=O) groups is 1. The second kappa shape index (κ2) is 13.8. The number of hydrogen-bond acceptors (Lipinski definition) is 8. The van der Waals surface area contributed by atoms with E-state index in [1.165, 1.54) is 18.6 Å². The van der Waals surface area contributed by atoms with Gasteiger partial charge in [0.15, 0.2) is 0 Å². The van der Waals surface area contributed by atoms with Gasteiger partial charge in [-0.15, -0.1) is 0 Å². The van der Waals surface area contributed by atoms with Crippen LogP contribution < -0.4 is 15.4 Å². The van der Waals surface area contributed by atoms with Crippen molar-refractivity contribution in [3.8, 4) is 17.0 Å². The van der Waals surface area contributed by atoms with Gasteiger partial charge in [-0.3, -0.25) is 9.00 Å². The van der Waals surface area contributed by atoms with Crippen molar-refractivity contribution in [1.29, 1.82) is 0 Å². The number of ether oxygens (including phenoxy) is 2. The Morgan fingerprint density at radius 1 is 1.18 bits per heavy atom. The van der Waals surface area contributed by atoms with E-state index in [0.717, 1.165) is 29.8 Å². The van der Waals surface area contributed by atoms with E-state index in [0.29, 0.717) is 50.2 Å². The first-order chi connectivity index (χ1) is 18.9. The molecular weight excluding hydrogens is 518 g/mol. The molecule has 0 aliphatic carbocycles. The van der Waals surface area contributed by atoms with E-state index >= 15 is 0 Å². The van der Waals surface area contributed by atoms with E-state index < -0.39 is 16.5 Å². The zero-order valence-corrected chi connectivity index (χ0v) is 22.7. The summed E-state index contributed by atoms with van der Waals surface area (Å²) in [6.07, 6.45) is 3.51. The number of aliphatic hydroxyl groups is 1. The number of benzene rings is 2. The average Bonchev–Trinajstić information content (AvgIpc) is 3.52. The lowest BCUT2D eigenvalue weighted by Gasteiger charge is -2.36. The van der Waals surface area contributed by atoms with Crippen LogP contribution in [0.2, 0.25) is 0 Å². The molecule has 39 heavy (non-hydrogen) atoms. The number of aliphatic hydroxyl groups excluding tert-OH is 1. The van der Waals surface area contributed by atoms with Crippen LogP contribution in [-0.2, 0) is 26.0 Å². The van der Waals surface area contributed by atoms with Gasteiger partial charge in [-0.25, -0.2) is 4.98 Å². The van der Waals surface area contributed by atoms with Crippen LogP contribution in [0.1, 0.15) is 35.5 Å². The summed E-state index contributed by atoms with van der Waals surface area (Å²) in [5.41, 5.74) is 1.58. The third-order valence-electron chi connectivity index (χ3n) is 7.14. The number of methoxy groups -OCH3 is 1. The van der Waals surface area contributed by atoms with Crippen molar-refractivity contribution < 1.29 is 32.4 Å². The van der Waals surface area contributed by atoms with Gasteiger partial charge in [0.1, 0.15) is 11.6 Å². The van der Waals surface area contributed by atoms with Gasteiger partial charge in [0.25, 0.3) is 0 Å². The van der Waals surface area contributed by atoms with Crippen LogP contribution in [0.15, 0.2) is 71.6 Å². The van der Waals surface area contributed by atoms with Crippen LogP contribution >= 0.6 is 0 Å². The minimum absolute atomic E-state index is 0. The van der Waals surface area contributed by atoms with E-state index in [1.807, 2.05) is 36.4 Å². The van der Waals surface area contributed by atoms with Gasteiger partial charge in [0.05, 0.1) is 24.8 Å². The standard InChI is InChI=1S/C24H24N2O5S.C5H11NO.3H2/c1-30-19-9-7-18(8-10-19)24(13-15-31-16-14-24)23(27)26-22-4-2-3-21(25-22)17-5-11-20(12-6-17)32(28)29;7-4-5-2-1-3-6-5;;;/h2-12H,13-16H2,1H3,(H,28,29)(H,25,26,27);5-7H,1-4H2;3*1H/p-1/t;5-;;;/m.1.../s1. The molecule has 3 aromatic rings. The van der Waals surface area contributed by atoms with Crippen molar-refractivity contribution in [2.75, 3.05) is 38.8 Å². The second-order valence-corrected chi connectivity index (χ2v) is 10.5. The van der Waals surface area contributed by atoms with E-state index in [9.17, 15) is 13.6 Å². The molecule has 2 fully saturated rings. The van der Waals surface area contributed by atoms with Crippen LogP contribution in [0.25, 0.3) is 11.3 Å². The Bertz CT molecular complexity index is 1260. The summed E-state index contributed by atoms with van der Waals surface area (Å²) in [5, 5.41) is 14.6. The summed E-state index contributed by atoms with van der Waals surface area (Å²) in [7, 11) is 1.61. The maximum atomic E-state index is 13.5. The predicted octanol–water partition coefficient (Wildman–Crippen LogP) is 4.15. The highest BCUT2D eigenvalue weighted by Crippen LogP contribution is 2.37. The van der Waals surface area contributed by atoms with Crippen LogP contribution in [0.5, 0.6) is 5.75 Å². The smallest absolute Gasteiger partial charge is 0.236 e. The number of nitrogens with one attached hydrogen (secondary N) is 2. The van der Waals surface area contributed by atoms with Gasteiger partial charge in [0, 0.05) is 34.0 Å². The first-order valence-electron chi connectivity index (χ1n) is 13.0. The molecule has 1 amide bonds. The Balaban J connectivity index is 0.000000777. The molecule has 2 atom stereocenters. The van der Waals surface area contributed by atoms with Gasteiger partial charge >= 0.3 is 0 Å². The Morgan fingerprint density at radius 3 is 2.46 bits per heavy atom. The van der Waals surface area contributed by atoms with Crippen molar-refractivity contribution >= 4 is 22.8 Å². The number of hydrogen-bond donors (Lipinski definition) is 3. The topological polar surface area (TPSA) is 133 Å². The van der Waals surface area contributed by atoms with E-state index in [4.69, 9.17) is 14.6 Å². The molecule has 0 saturated carbocycles. The number of anilines is 1. The largest absolute Gasteiger partial charge is 0.768 e. The molecule has 0 bridgehead atoms. The fourth-order valence-corrected chi connectivity index (χ4v) is 5.19. The summed E-state index contributed by atoms with van der Waals surface area (Å²) < 4.78 is 32.9. The number of amides is 1. The second-order valence-electron chi connectivity index (χ2n) is 9.52. The molecule has 2 aliphatic heterocycles. The molecule has 0 spiro atoms. The lowest BCUT2D eigenvalue weighted by atomic mass is 9.73. The van der Waals surface area contributed by atoms with Crippen LogP contribution in [0.4, 0.5) is 5.82 Å². The number of rotatable bonds is 7. The third-order valence-corrected chi connectivity index (χ3v) is 7.80. The zero-order chi connectivity index (χ0) is 27.7. The molecule has 3 heterocycles. The lowest BCUT2D eigenvalue weighted by Crippen LogP contribution is -2.45. The summed E-state index contributed by atoms with van der Waals surface area (Å²) in [4.78, 5) is 18.3. The van der Waals surface area contributed by atoms with Gasteiger partial charge in [-0.1, -0.05) is 30.3 Å². The van der Waals surface area contributed by atoms with Crippen molar-refractivity contribution in [3.63, 3.8) is 0 Å². The Kier molecular flexibility index (Phi) is 10.2. The van der Waals surface area contributed by atoms with Crippen LogP contribution in [0, 0.1) is 0 Å². The molecule has 10 heteroatoms. The molecule has 0 radical (unpaired) electrons. The summed E-state index contributed by atoms with van der Waals surface area (Å²) in [6, 6.07) is 19.8. The van der Waals surface area contributed by atoms with E-state index in [1.54, 1.807) is 25.3 Å². The zero-order valence-electron chi connectivity index (χ0n) is 21.9. The molecule has 2 saturated heterocycles. The van der Waals surface area contributed by atoms with Gasteiger partial charge in [-0.2, -0.15) is 0 Å². The van der Waals surface area contributed by atoms with Crippen molar-refractivity contribution in [2.45, 2.75) is 42.0 Å². The molecule has 1 aromatic heterocycles. The molecule has 5 rings (SSSR count). The SMILES string of the molecule is COc1ccc(C2(C(=O)Nc3cccc(-c4ccc(S(=O)[O-])cc4)n3)CCOCC2)cc1.OC[C@H]1CCCN1.[HH].[HH].[HH]. The highest BCUT2D eigenvalue weighted by atomic mass is 32.2. The maximum Gasteiger partial charge on any atom is 0.236 e. The highest BCUT2D eigenvalue weighted by molar-refractivity contribution is 7.79. The van der Waals surface area contributed by atoms with Gasteiger partial charge < -0.3 is 29.8 Å². The number of aromatic nitrogens is 1. The van der Waals surface area contributed by atoms with Crippen LogP contribution in [0.3, 0.4) is 0 Å². The Morgan fingerprint density at radius 2 is 1.90 bits per heavy atom. The van der Waals surface area contributed by atoms with Gasteiger partial charge in [-0.05, 0) is 85.3 Å². The average molecular weight is 559 g/mol. The number of nitrogens with zero attached hydrogens (tertiary/aromatic N) is 1. The molecule has 3 N–H and O–H groups in total. The normalized spacial score (nSPS) is 18.9. The Labute approximate surface area is 235 Å². The lowest BCUT2D eigenvalue weighted by molar-refractivity contribution is -0.125. The minimum atomic E-state index is -2.28. The monoisotopic (exact) mass is 558 g/mol. The molecule has 1 unspecified atom stereocenters. The van der Waals surface area contributed by atoms with Crippen LogP contribution in [-0.4, -0.2) is 64.3 Å². The highest BCUT2D eigenvalue weighted by Gasteiger charge is 2.42. The van der Waals surface area contributed by atoms with Crippen molar-refractivity contribution in [2.24, 2.45) is 0 Å². The first-order valence-corrected chi connectivity index (χ1v) is 14.1. The summed E-state index contributed by atoms with van der Waals surface area (Å²) >= 11 is -2.28. The summed E-state index contributed by atoms with van der Waals surface area (Å²) in [6.45, 7) is 2.39. The molecular formula is C29H40N3O6S-. The van der Waals surface area contributed by atoms with Crippen molar-refractivity contribution in [1.82, 2.24) is 10.3 Å². The van der Waals surface area contributed by atoms with E-state index in [2.05, 4.69) is 15.6 Å². The Hall–Kier alpha value is -3.15. The fraction of sp³-hybridized carbons (Fsp3) is 0.379. The van der Waals surface area contributed by atoms with Crippen molar-refractivity contribution in [3.05, 3.63) is 72.3 Å². The third kappa shape index (κ3) is 7.28. The van der Waals surface area contributed by atoms with Gasteiger partial charge in [0.2, 0.25) is 5.91 Å². The predicted molar refractivity (Wildman–Crippen MR) is 155 cm³/mol. The fourth-order valence-electron chi connectivity index (χ4n) is 4.83. The molecule has 2 aromatic carbocycles. The summed E-state index contributed by atoms with van der Waals surface area (Å²) in [5.74, 6) is 1.04.